The molecule has 0 bridgehead atoms. The molecule has 1 saturated heterocycles. The second-order valence-electron chi connectivity index (χ2n) is 7.15. The van der Waals surface area contributed by atoms with Gasteiger partial charge >= 0.3 is 17.9 Å². The molecule has 1 aromatic carbocycles. The molecule has 1 fully saturated rings. The highest BCUT2D eigenvalue weighted by Gasteiger charge is 2.47. The minimum Gasteiger partial charge on any atom is -0.474 e. The standard InChI is InChI=1S/C22H21ClFNO7S/c1-11(26)29-19-10-33-22(21(31-13(3)28)20(19)30-12(2)27)32-16-6-15(8-25-9-16)14-4-5-18(24)17(23)7-14/h4-9,19-22H,10H2,1-3H3/t19-,20+,21-,22-/m1/s1. The zero-order chi connectivity index (χ0) is 24.1. The van der Waals surface area contributed by atoms with Gasteiger partial charge in [0, 0.05) is 38.3 Å². The number of carbonyl (C=O) groups excluding carboxylic acids is 3. The molecule has 176 valence electrons. The van der Waals surface area contributed by atoms with E-state index in [1.807, 2.05) is 0 Å². The van der Waals surface area contributed by atoms with Gasteiger partial charge in [-0.05, 0) is 23.8 Å². The van der Waals surface area contributed by atoms with Crippen molar-refractivity contribution >= 4 is 41.3 Å². The highest BCUT2D eigenvalue weighted by Crippen LogP contribution is 2.35. The van der Waals surface area contributed by atoms with E-state index in [2.05, 4.69) is 4.98 Å². The summed E-state index contributed by atoms with van der Waals surface area (Å²) < 4.78 is 35.6. The number of halogens is 2. The summed E-state index contributed by atoms with van der Waals surface area (Å²) in [6.07, 6.45) is 0.0734. The number of esters is 3. The molecular weight excluding hydrogens is 477 g/mol. The van der Waals surface area contributed by atoms with Gasteiger partial charge in [-0.25, -0.2) is 4.39 Å². The summed E-state index contributed by atoms with van der Waals surface area (Å²) in [6, 6.07) is 5.94. The van der Waals surface area contributed by atoms with E-state index >= 15 is 0 Å². The molecule has 33 heavy (non-hydrogen) atoms. The molecule has 8 nitrogen and oxygen atoms in total. The number of hydrogen-bond donors (Lipinski definition) is 0. The number of carbonyl (C=O) groups is 3. The maximum atomic E-state index is 13.5. The topological polar surface area (TPSA) is 101 Å². The first-order valence-electron chi connectivity index (χ1n) is 9.84. The zero-order valence-electron chi connectivity index (χ0n) is 17.9. The molecule has 3 rings (SSSR count). The van der Waals surface area contributed by atoms with Gasteiger partial charge in [-0.15, -0.1) is 11.8 Å². The molecule has 1 aliphatic heterocycles. The number of thioether (sulfide) groups is 1. The van der Waals surface area contributed by atoms with Crippen LogP contribution in [0.4, 0.5) is 4.39 Å². The Bertz CT molecular complexity index is 1050. The fraction of sp³-hybridized carbons (Fsp3) is 0.364. The molecule has 0 amide bonds. The predicted molar refractivity (Wildman–Crippen MR) is 118 cm³/mol. The Balaban J connectivity index is 1.87. The normalized spacial score (nSPS) is 22.2. The Kier molecular flexibility index (Phi) is 8.15. The summed E-state index contributed by atoms with van der Waals surface area (Å²) in [4.78, 5) is 39.1. The quantitative estimate of drug-likeness (QED) is 0.435. The monoisotopic (exact) mass is 497 g/mol. The van der Waals surface area contributed by atoms with Crippen molar-refractivity contribution in [2.24, 2.45) is 0 Å². The minimum absolute atomic E-state index is 0.0303. The molecule has 11 heteroatoms. The first kappa shape index (κ1) is 24.8. The Labute approximate surface area is 198 Å². The Morgan fingerprint density at radius 1 is 0.970 bits per heavy atom. The van der Waals surface area contributed by atoms with Crippen molar-refractivity contribution in [1.29, 1.82) is 0 Å². The van der Waals surface area contributed by atoms with Gasteiger partial charge in [0.15, 0.2) is 23.7 Å². The molecule has 4 atom stereocenters. The molecule has 2 aromatic rings. The van der Waals surface area contributed by atoms with E-state index in [1.165, 1.54) is 50.9 Å². The highest BCUT2D eigenvalue weighted by molar-refractivity contribution is 7.99. The van der Waals surface area contributed by atoms with Gasteiger partial charge in [-0.2, -0.15) is 0 Å². The van der Waals surface area contributed by atoms with Crippen molar-refractivity contribution < 1.29 is 37.7 Å². The number of hydrogen-bond acceptors (Lipinski definition) is 9. The lowest BCUT2D eigenvalue weighted by atomic mass is 10.1. The van der Waals surface area contributed by atoms with Gasteiger partial charge in [0.05, 0.1) is 11.2 Å². The summed E-state index contributed by atoms with van der Waals surface area (Å²) >= 11 is 7.11. The summed E-state index contributed by atoms with van der Waals surface area (Å²) in [5, 5.41) is -0.0303. The first-order chi connectivity index (χ1) is 15.6. The number of pyridine rings is 1. The lowest BCUT2D eigenvalue weighted by Gasteiger charge is -2.39. The lowest BCUT2D eigenvalue weighted by Crippen LogP contribution is -2.55. The minimum atomic E-state index is -1.06. The maximum Gasteiger partial charge on any atom is 0.303 e. The Morgan fingerprint density at radius 3 is 2.27 bits per heavy atom. The van der Waals surface area contributed by atoms with Crippen molar-refractivity contribution in [1.82, 2.24) is 4.98 Å². The second-order valence-corrected chi connectivity index (χ2v) is 8.69. The molecule has 0 unspecified atom stereocenters. The van der Waals surface area contributed by atoms with Crippen LogP contribution in [0.15, 0.2) is 36.7 Å². The van der Waals surface area contributed by atoms with Crippen LogP contribution in [-0.4, -0.2) is 52.4 Å². The lowest BCUT2D eigenvalue weighted by molar-refractivity contribution is -0.186. The van der Waals surface area contributed by atoms with Gasteiger partial charge < -0.3 is 18.9 Å². The van der Waals surface area contributed by atoms with Crippen LogP contribution < -0.4 is 4.74 Å². The molecule has 1 aliphatic rings. The highest BCUT2D eigenvalue weighted by atomic mass is 35.5. The molecular formula is C22H21ClFNO7S. The van der Waals surface area contributed by atoms with E-state index in [-0.39, 0.29) is 10.8 Å². The second kappa shape index (κ2) is 10.8. The van der Waals surface area contributed by atoms with Crippen LogP contribution in [0.25, 0.3) is 11.1 Å². The first-order valence-corrected chi connectivity index (χ1v) is 11.3. The van der Waals surface area contributed by atoms with Crippen LogP contribution in [0, 0.1) is 5.82 Å². The molecule has 1 aromatic heterocycles. The molecule has 0 spiro atoms. The van der Waals surface area contributed by atoms with Gasteiger partial charge in [0.2, 0.25) is 0 Å². The number of ether oxygens (including phenoxy) is 4. The molecule has 2 heterocycles. The van der Waals surface area contributed by atoms with Crippen LogP contribution in [0.1, 0.15) is 20.8 Å². The van der Waals surface area contributed by atoms with E-state index in [9.17, 15) is 18.8 Å². The van der Waals surface area contributed by atoms with E-state index < -0.39 is 47.5 Å². The van der Waals surface area contributed by atoms with Crippen LogP contribution in [0.2, 0.25) is 5.02 Å². The number of rotatable bonds is 6. The van der Waals surface area contributed by atoms with Crippen molar-refractivity contribution in [3.05, 3.63) is 47.5 Å². The average Bonchev–Trinajstić information content (AvgIpc) is 2.73. The Hall–Kier alpha value is -2.85. The molecule has 0 N–H and O–H groups in total. The maximum absolute atomic E-state index is 13.5. The average molecular weight is 498 g/mol. The summed E-state index contributed by atoms with van der Waals surface area (Å²) in [5.74, 6) is -1.79. The van der Waals surface area contributed by atoms with Crippen LogP contribution >= 0.6 is 23.4 Å². The third-order valence-corrected chi connectivity index (χ3v) is 6.03. The van der Waals surface area contributed by atoms with E-state index in [1.54, 1.807) is 18.3 Å². The largest absolute Gasteiger partial charge is 0.474 e. The zero-order valence-corrected chi connectivity index (χ0v) is 19.5. The van der Waals surface area contributed by atoms with Crippen molar-refractivity contribution in [2.45, 2.75) is 44.5 Å². The van der Waals surface area contributed by atoms with Crippen LogP contribution in [0.5, 0.6) is 5.75 Å². The van der Waals surface area contributed by atoms with Gasteiger partial charge in [0.1, 0.15) is 11.6 Å². The van der Waals surface area contributed by atoms with Gasteiger partial charge in [-0.1, -0.05) is 17.7 Å². The summed E-state index contributed by atoms with van der Waals surface area (Å²) in [6.45, 7) is 3.65. The summed E-state index contributed by atoms with van der Waals surface area (Å²) in [7, 11) is 0. The number of benzene rings is 1. The van der Waals surface area contributed by atoms with Gasteiger partial charge in [0.25, 0.3) is 0 Å². The smallest absolute Gasteiger partial charge is 0.303 e. The van der Waals surface area contributed by atoms with E-state index in [4.69, 9.17) is 30.5 Å². The van der Waals surface area contributed by atoms with E-state index in [0.717, 1.165) is 0 Å². The van der Waals surface area contributed by atoms with Crippen molar-refractivity contribution in [2.75, 3.05) is 5.75 Å². The SMILES string of the molecule is CC(=O)O[C@@H]1[C@@H](OC(C)=O)[C@H](OC(C)=O)CS[C@H]1Oc1cncc(-c2ccc(F)c(Cl)c2)c1. The van der Waals surface area contributed by atoms with Crippen LogP contribution in [-0.2, 0) is 28.6 Å². The van der Waals surface area contributed by atoms with Crippen molar-refractivity contribution in [3.8, 4) is 16.9 Å². The number of aromatic nitrogens is 1. The predicted octanol–water partition coefficient (Wildman–Crippen LogP) is 3.79. The molecule has 0 saturated carbocycles. The Morgan fingerprint density at radius 2 is 1.64 bits per heavy atom. The molecule has 0 radical (unpaired) electrons. The van der Waals surface area contributed by atoms with Gasteiger partial charge in [-0.3, -0.25) is 19.4 Å². The third kappa shape index (κ3) is 6.58. The third-order valence-electron chi connectivity index (χ3n) is 4.52. The van der Waals surface area contributed by atoms with Crippen molar-refractivity contribution in [3.63, 3.8) is 0 Å². The fourth-order valence-corrected chi connectivity index (χ4v) is 4.66. The van der Waals surface area contributed by atoms with E-state index in [0.29, 0.717) is 16.9 Å². The summed E-state index contributed by atoms with van der Waals surface area (Å²) in [5.41, 5.74) is 0.451. The fourth-order valence-electron chi connectivity index (χ4n) is 3.26. The molecule has 0 aliphatic carbocycles. The van der Waals surface area contributed by atoms with Crippen LogP contribution in [0.3, 0.4) is 0 Å². The number of nitrogens with zero attached hydrogens (tertiary/aromatic N) is 1.